The highest BCUT2D eigenvalue weighted by Gasteiger charge is 2.29. The highest BCUT2D eigenvalue weighted by atomic mass is 16.5. The third kappa shape index (κ3) is 3.51. The van der Waals surface area contributed by atoms with Gasteiger partial charge in [-0.3, -0.25) is 9.59 Å². The predicted octanol–water partition coefficient (Wildman–Crippen LogP) is -0.479. The van der Waals surface area contributed by atoms with Crippen LogP contribution in [-0.2, 0) is 14.3 Å². The monoisotopic (exact) mass is 214 g/mol. The number of esters is 1. The van der Waals surface area contributed by atoms with E-state index >= 15 is 0 Å². The van der Waals surface area contributed by atoms with E-state index in [1.807, 2.05) is 6.92 Å². The van der Waals surface area contributed by atoms with Crippen LogP contribution in [-0.4, -0.2) is 38.6 Å². The number of carbonyl (C=O) groups excluding carboxylic acids is 2. The standard InChI is InChI=1S/C10H18N2O3/c1-7-5-11-6-8(7)10(14)12-4-3-9(13)15-2/h7-8,11H,3-6H2,1-2H3,(H,12,14). The number of amides is 1. The van der Waals surface area contributed by atoms with Crippen molar-refractivity contribution in [3.63, 3.8) is 0 Å². The number of ether oxygens (including phenoxy) is 1. The molecule has 0 bridgehead atoms. The SMILES string of the molecule is COC(=O)CCNC(=O)C1CNCC1C. The fourth-order valence-electron chi connectivity index (χ4n) is 1.68. The van der Waals surface area contributed by atoms with Crippen LogP contribution in [0, 0.1) is 11.8 Å². The summed E-state index contributed by atoms with van der Waals surface area (Å²) in [5.41, 5.74) is 0. The van der Waals surface area contributed by atoms with Gasteiger partial charge in [-0.05, 0) is 12.5 Å². The van der Waals surface area contributed by atoms with Gasteiger partial charge in [0.2, 0.25) is 5.91 Å². The molecule has 2 unspecified atom stereocenters. The van der Waals surface area contributed by atoms with Crippen LogP contribution in [0.3, 0.4) is 0 Å². The minimum Gasteiger partial charge on any atom is -0.469 e. The molecule has 5 nitrogen and oxygen atoms in total. The number of hydrogen-bond donors (Lipinski definition) is 2. The summed E-state index contributed by atoms with van der Waals surface area (Å²) in [5, 5.41) is 5.90. The van der Waals surface area contributed by atoms with Crippen LogP contribution in [0.1, 0.15) is 13.3 Å². The van der Waals surface area contributed by atoms with E-state index in [1.165, 1.54) is 7.11 Å². The first-order valence-electron chi connectivity index (χ1n) is 5.20. The molecule has 1 heterocycles. The largest absolute Gasteiger partial charge is 0.469 e. The van der Waals surface area contributed by atoms with Gasteiger partial charge < -0.3 is 15.4 Å². The van der Waals surface area contributed by atoms with Crippen LogP contribution in [0.2, 0.25) is 0 Å². The van der Waals surface area contributed by atoms with Crippen LogP contribution in [0.5, 0.6) is 0 Å². The zero-order valence-electron chi connectivity index (χ0n) is 9.21. The molecule has 0 saturated carbocycles. The molecule has 1 aliphatic rings. The maximum absolute atomic E-state index is 11.6. The molecule has 1 saturated heterocycles. The molecule has 1 fully saturated rings. The highest BCUT2D eigenvalue weighted by Crippen LogP contribution is 2.15. The van der Waals surface area contributed by atoms with Crippen LogP contribution < -0.4 is 10.6 Å². The van der Waals surface area contributed by atoms with E-state index in [0.717, 1.165) is 13.1 Å². The van der Waals surface area contributed by atoms with Gasteiger partial charge in [-0.2, -0.15) is 0 Å². The van der Waals surface area contributed by atoms with Crippen molar-refractivity contribution in [1.29, 1.82) is 0 Å². The number of hydrogen-bond acceptors (Lipinski definition) is 4. The first-order valence-corrected chi connectivity index (χ1v) is 5.20. The van der Waals surface area contributed by atoms with Crippen LogP contribution >= 0.6 is 0 Å². The Morgan fingerprint density at radius 3 is 2.73 bits per heavy atom. The summed E-state index contributed by atoms with van der Waals surface area (Å²) in [6.45, 7) is 4.01. The molecule has 0 spiro atoms. The van der Waals surface area contributed by atoms with Crippen molar-refractivity contribution in [1.82, 2.24) is 10.6 Å². The summed E-state index contributed by atoms with van der Waals surface area (Å²) in [7, 11) is 1.34. The molecule has 2 atom stereocenters. The normalized spacial score (nSPS) is 24.9. The average molecular weight is 214 g/mol. The minimum atomic E-state index is -0.298. The Morgan fingerprint density at radius 1 is 1.47 bits per heavy atom. The van der Waals surface area contributed by atoms with E-state index in [9.17, 15) is 9.59 Å². The van der Waals surface area contributed by atoms with E-state index < -0.39 is 0 Å². The molecular weight excluding hydrogens is 196 g/mol. The lowest BCUT2D eigenvalue weighted by atomic mass is 9.97. The quantitative estimate of drug-likeness (QED) is 0.620. The lowest BCUT2D eigenvalue weighted by Gasteiger charge is -2.13. The Labute approximate surface area is 89.6 Å². The van der Waals surface area contributed by atoms with Crippen molar-refractivity contribution in [3.05, 3.63) is 0 Å². The second kappa shape index (κ2) is 5.70. The van der Waals surface area contributed by atoms with Crippen molar-refractivity contribution in [2.75, 3.05) is 26.7 Å². The Kier molecular flexibility index (Phi) is 4.55. The van der Waals surface area contributed by atoms with Crippen molar-refractivity contribution >= 4 is 11.9 Å². The summed E-state index contributed by atoms with van der Waals surface area (Å²) in [6.07, 6.45) is 0.233. The van der Waals surface area contributed by atoms with E-state index in [-0.39, 0.29) is 24.2 Å². The van der Waals surface area contributed by atoms with Gasteiger partial charge in [0.1, 0.15) is 0 Å². The third-order valence-electron chi connectivity index (χ3n) is 2.71. The van der Waals surface area contributed by atoms with Gasteiger partial charge in [0.15, 0.2) is 0 Å². The van der Waals surface area contributed by atoms with Crippen LogP contribution in [0.15, 0.2) is 0 Å². The lowest BCUT2D eigenvalue weighted by molar-refractivity contribution is -0.140. The summed E-state index contributed by atoms with van der Waals surface area (Å²) in [4.78, 5) is 22.4. The molecule has 5 heteroatoms. The molecule has 15 heavy (non-hydrogen) atoms. The second-order valence-electron chi connectivity index (χ2n) is 3.86. The molecule has 0 aromatic rings. The smallest absolute Gasteiger partial charge is 0.307 e. The maximum Gasteiger partial charge on any atom is 0.307 e. The molecule has 1 rings (SSSR count). The molecular formula is C10H18N2O3. The molecule has 1 aliphatic heterocycles. The number of nitrogens with one attached hydrogen (secondary N) is 2. The first kappa shape index (κ1) is 12.0. The van der Waals surface area contributed by atoms with Gasteiger partial charge >= 0.3 is 5.97 Å². The van der Waals surface area contributed by atoms with E-state index in [2.05, 4.69) is 15.4 Å². The molecule has 1 amide bonds. The van der Waals surface area contributed by atoms with E-state index in [4.69, 9.17) is 0 Å². The van der Waals surface area contributed by atoms with Gasteiger partial charge in [-0.1, -0.05) is 6.92 Å². The average Bonchev–Trinajstić information content (AvgIpc) is 2.64. The van der Waals surface area contributed by atoms with Gasteiger partial charge in [0.25, 0.3) is 0 Å². The fraction of sp³-hybridized carbons (Fsp3) is 0.800. The summed E-state index contributed by atoms with van der Waals surface area (Å²) < 4.78 is 4.48. The van der Waals surface area contributed by atoms with Gasteiger partial charge in [-0.25, -0.2) is 0 Å². The number of rotatable bonds is 4. The number of carbonyl (C=O) groups is 2. The molecule has 0 radical (unpaired) electrons. The van der Waals surface area contributed by atoms with Crippen LogP contribution in [0.25, 0.3) is 0 Å². The van der Waals surface area contributed by atoms with Gasteiger partial charge in [0, 0.05) is 13.1 Å². The molecule has 86 valence electrons. The Hall–Kier alpha value is -1.10. The Bertz CT molecular complexity index is 243. The summed E-state index contributed by atoms with van der Waals surface area (Å²) in [6, 6.07) is 0. The minimum absolute atomic E-state index is 0.0244. The number of methoxy groups -OCH3 is 1. The van der Waals surface area contributed by atoms with E-state index in [0.29, 0.717) is 12.5 Å². The molecule has 0 aromatic heterocycles. The summed E-state index contributed by atoms with van der Waals surface area (Å²) >= 11 is 0. The van der Waals surface area contributed by atoms with Gasteiger partial charge in [-0.15, -0.1) is 0 Å². The Morgan fingerprint density at radius 2 is 2.20 bits per heavy atom. The zero-order chi connectivity index (χ0) is 11.3. The van der Waals surface area contributed by atoms with Crippen molar-refractivity contribution in [3.8, 4) is 0 Å². The lowest BCUT2D eigenvalue weighted by Crippen LogP contribution is -2.35. The topological polar surface area (TPSA) is 67.4 Å². The predicted molar refractivity (Wildman–Crippen MR) is 55.2 cm³/mol. The second-order valence-corrected chi connectivity index (χ2v) is 3.86. The highest BCUT2D eigenvalue weighted by molar-refractivity contribution is 5.80. The molecule has 2 N–H and O–H groups in total. The Balaban J connectivity index is 2.21. The maximum atomic E-state index is 11.6. The first-order chi connectivity index (χ1) is 7.15. The van der Waals surface area contributed by atoms with Crippen molar-refractivity contribution < 1.29 is 14.3 Å². The molecule has 0 aliphatic carbocycles. The van der Waals surface area contributed by atoms with Crippen LogP contribution in [0.4, 0.5) is 0 Å². The van der Waals surface area contributed by atoms with E-state index in [1.54, 1.807) is 0 Å². The molecule has 0 aromatic carbocycles. The van der Waals surface area contributed by atoms with Crippen molar-refractivity contribution in [2.45, 2.75) is 13.3 Å². The third-order valence-corrected chi connectivity index (χ3v) is 2.71. The zero-order valence-corrected chi connectivity index (χ0v) is 9.21. The summed E-state index contributed by atoms with van der Waals surface area (Å²) in [5.74, 6) is 0.120. The van der Waals surface area contributed by atoms with Gasteiger partial charge in [0.05, 0.1) is 19.4 Å². The fourth-order valence-corrected chi connectivity index (χ4v) is 1.68. The van der Waals surface area contributed by atoms with Crippen molar-refractivity contribution in [2.24, 2.45) is 11.8 Å².